The van der Waals surface area contributed by atoms with Crippen LogP contribution in [0.3, 0.4) is 0 Å². The summed E-state index contributed by atoms with van der Waals surface area (Å²) in [6, 6.07) is 0. The molecule has 0 radical (unpaired) electrons. The molecule has 2 amide bonds. The van der Waals surface area contributed by atoms with Gasteiger partial charge in [-0.2, -0.15) is 0 Å². The van der Waals surface area contributed by atoms with E-state index in [1.54, 1.807) is 0 Å². The zero-order valence-corrected chi connectivity index (χ0v) is 7.72. The Morgan fingerprint density at radius 2 is 2.38 bits per heavy atom. The standard InChI is InChI=1S/C6H8N4O2S/c1-7-5(11)2-8-6(12)4-3-13-10-9-4/h3H,2H2,1H3,(H,7,11)(H,8,12). The zero-order valence-electron chi connectivity index (χ0n) is 6.90. The summed E-state index contributed by atoms with van der Waals surface area (Å²) in [7, 11) is 1.50. The molecule has 1 aromatic heterocycles. The molecule has 2 N–H and O–H groups in total. The maximum Gasteiger partial charge on any atom is 0.273 e. The molecular weight excluding hydrogens is 192 g/mol. The zero-order chi connectivity index (χ0) is 9.68. The molecule has 6 nitrogen and oxygen atoms in total. The Morgan fingerprint density at radius 3 is 2.92 bits per heavy atom. The van der Waals surface area contributed by atoms with Gasteiger partial charge in [0.25, 0.3) is 5.91 Å². The lowest BCUT2D eigenvalue weighted by Gasteiger charge is -2.00. The van der Waals surface area contributed by atoms with Crippen LogP contribution in [0.5, 0.6) is 0 Å². The van der Waals surface area contributed by atoms with Gasteiger partial charge < -0.3 is 10.6 Å². The van der Waals surface area contributed by atoms with Gasteiger partial charge in [-0.1, -0.05) is 4.49 Å². The summed E-state index contributed by atoms with van der Waals surface area (Å²) in [6.07, 6.45) is 0. The second kappa shape index (κ2) is 4.51. The number of rotatable bonds is 3. The quantitative estimate of drug-likeness (QED) is 0.656. The fraction of sp³-hybridized carbons (Fsp3) is 0.333. The third-order valence-electron chi connectivity index (χ3n) is 1.28. The molecule has 0 unspecified atom stereocenters. The van der Waals surface area contributed by atoms with Gasteiger partial charge in [-0.25, -0.2) is 0 Å². The lowest BCUT2D eigenvalue weighted by Crippen LogP contribution is -2.35. The molecular formula is C6H8N4O2S. The van der Waals surface area contributed by atoms with E-state index in [-0.39, 0.29) is 18.1 Å². The van der Waals surface area contributed by atoms with Crippen molar-refractivity contribution >= 4 is 23.3 Å². The van der Waals surface area contributed by atoms with Crippen LogP contribution in [0.25, 0.3) is 0 Å². The van der Waals surface area contributed by atoms with Crippen LogP contribution < -0.4 is 10.6 Å². The molecule has 0 atom stereocenters. The first-order chi connectivity index (χ1) is 6.24. The summed E-state index contributed by atoms with van der Waals surface area (Å²) >= 11 is 1.09. The molecule has 13 heavy (non-hydrogen) atoms. The van der Waals surface area contributed by atoms with Crippen molar-refractivity contribution in [2.24, 2.45) is 0 Å². The van der Waals surface area contributed by atoms with Gasteiger partial charge in [0, 0.05) is 12.4 Å². The monoisotopic (exact) mass is 200 g/mol. The second-order valence-electron chi connectivity index (χ2n) is 2.15. The normalized spacial score (nSPS) is 9.31. The molecule has 0 aliphatic heterocycles. The summed E-state index contributed by atoms with van der Waals surface area (Å²) in [4.78, 5) is 21.9. The van der Waals surface area contributed by atoms with Crippen LogP contribution in [0.2, 0.25) is 0 Å². The Morgan fingerprint density at radius 1 is 1.62 bits per heavy atom. The van der Waals surface area contributed by atoms with E-state index in [4.69, 9.17) is 0 Å². The molecule has 70 valence electrons. The first-order valence-electron chi connectivity index (χ1n) is 3.50. The van der Waals surface area contributed by atoms with Crippen molar-refractivity contribution in [1.29, 1.82) is 0 Å². The van der Waals surface area contributed by atoms with E-state index < -0.39 is 5.91 Å². The van der Waals surface area contributed by atoms with Gasteiger partial charge in [-0.05, 0) is 11.5 Å². The van der Waals surface area contributed by atoms with Crippen LogP contribution in [0.1, 0.15) is 10.5 Å². The topological polar surface area (TPSA) is 84.0 Å². The van der Waals surface area contributed by atoms with Crippen molar-refractivity contribution in [2.75, 3.05) is 13.6 Å². The van der Waals surface area contributed by atoms with Crippen molar-refractivity contribution in [3.05, 3.63) is 11.1 Å². The highest BCUT2D eigenvalue weighted by Gasteiger charge is 2.08. The Balaban J connectivity index is 2.39. The highest BCUT2D eigenvalue weighted by Crippen LogP contribution is 1.95. The predicted octanol–water partition coefficient (Wildman–Crippen LogP) is -0.986. The van der Waals surface area contributed by atoms with E-state index in [9.17, 15) is 9.59 Å². The summed E-state index contributed by atoms with van der Waals surface area (Å²) in [5.74, 6) is -0.645. The minimum atomic E-state index is -0.391. The number of nitrogens with one attached hydrogen (secondary N) is 2. The number of hydrogen-bond acceptors (Lipinski definition) is 5. The minimum absolute atomic E-state index is 0.0488. The number of aromatic nitrogens is 2. The lowest BCUT2D eigenvalue weighted by atomic mass is 10.4. The van der Waals surface area contributed by atoms with Gasteiger partial charge in [0.15, 0.2) is 5.69 Å². The Hall–Kier alpha value is -1.50. The number of nitrogens with zero attached hydrogens (tertiary/aromatic N) is 2. The summed E-state index contributed by atoms with van der Waals surface area (Å²) < 4.78 is 3.52. The van der Waals surface area contributed by atoms with Crippen molar-refractivity contribution < 1.29 is 9.59 Å². The number of carbonyl (C=O) groups is 2. The average molecular weight is 200 g/mol. The SMILES string of the molecule is CNC(=O)CNC(=O)c1csnn1. The molecule has 0 saturated carbocycles. The first-order valence-corrected chi connectivity index (χ1v) is 4.33. The number of hydrogen-bond donors (Lipinski definition) is 2. The van der Waals surface area contributed by atoms with E-state index >= 15 is 0 Å². The fourth-order valence-electron chi connectivity index (χ4n) is 0.603. The lowest BCUT2D eigenvalue weighted by molar-refractivity contribution is -0.119. The van der Waals surface area contributed by atoms with E-state index in [2.05, 4.69) is 20.2 Å². The smallest absolute Gasteiger partial charge is 0.273 e. The van der Waals surface area contributed by atoms with E-state index in [1.165, 1.54) is 12.4 Å². The molecule has 1 rings (SSSR count). The maximum atomic E-state index is 11.1. The van der Waals surface area contributed by atoms with Crippen LogP contribution in [0.4, 0.5) is 0 Å². The minimum Gasteiger partial charge on any atom is -0.358 e. The predicted molar refractivity (Wildman–Crippen MR) is 46.3 cm³/mol. The summed E-state index contributed by atoms with van der Waals surface area (Å²) in [6.45, 7) is -0.0488. The van der Waals surface area contributed by atoms with E-state index in [1.807, 2.05) is 0 Å². The van der Waals surface area contributed by atoms with Gasteiger partial charge in [0.2, 0.25) is 5.91 Å². The fourth-order valence-corrected chi connectivity index (χ4v) is 1.04. The van der Waals surface area contributed by atoms with Crippen LogP contribution in [-0.2, 0) is 4.79 Å². The molecule has 0 fully saturated rings. The van der Waals surface area contributed by atoms with Crippen LogP contribution >= 0.6 is 11.5 Å². The third kappa shape index (κ3) is 2.79. The molecule has 0 aromatic carbocycles. The average Bonchev–Trinajstić information content (AvgIpc) is 2.66. The molecule has 0 aliphatic carbocycles. The largest absolute Gasteiger partial charge is 0.358 e. The molecule has 1 aromatic rings. The van der Waals surface area contributed by atoms with Gasteiger partial charge in [-0.15, -0.1) is 5.10 Å². The molecule has 7 heteroatoms. The van der Waals surface area contributed by atoms with Crippen molar-refractivity contribution in [1.82, 2.24) is 20.2 Å². The number of amides is 2. The Kier molecular flexibility index (Phi) is 3.32. The van der Waals surface area contributed by atoms with Crippen LogP contribution in [0, 0.1) is 0 Å². The van der Waals surface area contributed by atoms with Gasteiger partial charge >= 0.3 is 0 Å². The number of likely N-dealkylation sites (N-methyl/N-ethyl adjacent to an activating group) is 1. The first kappa shape index (κ1) is 9.59. The maximum absolute atomic E-state index is 11.1. The molecule has 0 spiro atoms. The third-order valence-corrected chi connectivity index (χ3v) is 1.79. The molecule has 0 bridgehead atoms. The van der Waals surface area contributed by atoms with Crippen molar-refractivity contribution in [2.45, 2.75) is 0 Å². The van der Waals surface area contributed by atoms with Gasteiger partial charge in [-0.3, -0.25) is 9.59 Å². The second-order valence-corrected chi connectivity index (χ2v) is 2.76. The summed E-state index contributed by atoms with van der Waals surface area (Å²) in [5.41, 5.74) is 0.230. The van der Waals surface area contributed by atoms with Crippen molar-refractivity contribution in [3.8, 4) is 0 Å². The van der Waals surface area contributed by atoms with Crippen molar-refractivity contribution in [3.63, 3.8) is 0 Å². The van der Waals surface area contributed by atoms with E-state index in [0.717, 1.165) is 11.5 Å². The molecule has 1 heterocycles. The Bertz CT molecular complexity index is 298. The van der Waals surface area contributed by atoms with Gasteiger partial charge in [0.1, 0.15) is 0 Å². The molecule has 0 saturated heterocycles. The highest BCUT2D eigenvalue weighted by molar-refractivity contribution is 7.03. The van der Waals surface area contributed by atoms with Gasteiger partial charge in [0.05, 0.1) is 6.54 Å². The highest BCUT2D eigenvalue weighted by atomic mass is 32.1. The summed E-state index contributed by atoms with van der Waals surface area (Å²) in [5, 5.41) is 9.83. The van der Waals surface area contributed by atoms with Crippen LogP contribution in [0.15, 0.2) is 5.38 Å². The number of carbonyl (C=O) groups excluding carboxylic acids is 2. The van der Waals surface area contributed by atoms with Crippen LogP contribution in [-0.4, -0.2) is 35.0 Å². The molecule has 0 aliphatic rings. The van der Waals surface area contributed by atoms with E-state index in [0.29, 0.717) is 0 Å². The Labute approximate surface area is 78.5 Å².